The molecule has 3 rings (SSSR count). The molecule has 0 radical (unpaired) electrons. The van der Waals surface area contributed by atoms with Crippen molar-refractivity contribution in [3.63, 3.8) is 0 Å². The van der Waals surface area contributed by atoms with Crippen molar-refractivity contribution in [3.05, 3.63) is 29.8 Å². The van der Waals surface area contributed by atoms with Crippen molar-refractivity contribution in [2.75, 3.05) is 63.9 Å². The molecule has 1 unspecified atom stereocenters. The molecule has 2 saturated heterocycles. The fourth-order valence-corrected chi connectivity index (χ4v) is 3.88. The number of ether oxygens (including phenoxy) is 1. The van der Waals surface area contributed by atoms with E-state index in [4.69, 9.17) is 9.73 Å². The Kier molecular flexibility index (Phi) is 11.1. The average molecular weight is 515 g/mol. The van der Waals surface area contributed by atoms with Crippen LogP contribution in [0.4, 0.5) is 5.69 Å². The molecule has 2 aliphatic rings. The van der Waals surface area contributed by atoms with Crippen molar-refractivity contribution in [1.82, 2.24) is 15.5 Å². The number of morpholine rings is 1. The molecule has 2 fully saturated rings. The Morgan fingerprint density at radius 3 is 2.66 bits per heavy atom. The van der Waals surface area contributed by atoms with E-state index in [1.54, 1.807) is 0 Å². The number of guanidine groups is 1. The van der Waals surface area contributed by atoms with E-state index in [0.717, 1.165) is 58.3 Å². The van der Waals surface area contributed by atoms with Crippen LogP contribution in [-0.4, -0.2) is 69.9 Å². The van der Waals surface area contributed by atoms with Gasteiger partial charge < -0.3 is 20.3 Å². The number of rotatable bonds is 8. The summed E-state index contributed by atoms with van der Waals surface area (Å²) >= 11 is 0. The lowest BCUT2D eigenvalue weighted by molar-refractivity contribution is 0.0377. The Labute approximate surface area is 193 Å². The van der Waals surface area contributed by atoms with E-state index in [0.29, 0.717) is 0 Å². The second-order valence-electron chi connectivity index (χ2n) is 7.72. The van der Waals surface area contributed by atoms with Gasteiger partial charge in [0.2, 0.25) is 0 Å². The number of benzene rings is 1. The number of aliphatic imine (C=N–C) groups is 1. The van der Waals surface area contributed by atoms with Crippen molar-refractivity contribution in [3.8, 4) is 0 Å². The van der Waals surface area contributed by atoms with E-state index < -0.39 is 0 Å². The predicted octanol–water partition coefficient (Wildman–Crippen LogP) is 3.24. The van der Waals surface area contributed by atoms with Crippen LogP contribution < -0.4 is 15.5 Å². The van der Waals surface area contributed by atoms with Gasteiger partial charge in [0.1, 0.15) is 0 Å². The van der Waals surface area contributed by atoms with Crippen LogP contribution in [0.25, 0.3) is 0 Å². The summed E-state index contributed by atoms with van der Waals surface area (Å²) in [4.78, 5) is 9.74. The monoisotopic (exact) mass is 515 g/mol. The van der Waals surface area contributed by atoms with Gasteiger partial charge in [-0.3, -0.25) is 9.89 Å². The minimum Gasteiger partial charge on any atom is -0.379 e. The molecular formula is C22H38IN5O. The van der Waals surface area contributed by atoms with Crippen LogP contribution >= 0.6 is 24.0 Å². The highest BCUT2D eigenvalue weighted by Gasteiger charge is 2.14. The van der Waals surface area contributed by atoms with E-state index in [1.807, 2.05) is 0 Å². The second-order valence-corrected chi connectivity index (χ2v) is 7.72. The SMILES string of the molecule is CCNC(=NCCCN1CCOCC1)NC(C)c1cccc(N2CCCC2)c1.I. The summed E-state index contributed by atoms with van der Waals surface area (Å²) in [6, 6.07) is 9.16. The second kappa shape index (κ2) is 13.3. The van der Waals surface area contributed by atoms with E-state index in [1.165, 1.54) is 37.2 Å². The third-order valence-corrected chi connectivity index (χ3v) is 5.54. The minimum atomic E-state index is 0. The molecule has 6 nitrogen and oxygen atoms in total. The van der Waals surface area contributed by atoms with E-state index in [9.17, 15) is 0 Å². The Balaban J connectivity index is 0.00000300. The summed E-state index contributed by atoms with van der Waals surface area (Å²) in [6.07, 6.45) is 3.69. The summed E-state index contributed by atoms with van der Waals surface area (Å²) in [5.74, 6) is 0.906. The summed E-state index contributed by atoms with van der Waals surface area (Å²) in [5.41, 5.74) is 2.65. The molecule has 1 aromatic rings. The topological polar surface area (TPSA) is 52.1 Å². The fourth-order valence-electron chi connectivity index (χ4n) is 3.88. The molecule has 2 aliphatic heterocycles. The predicted molar refractivity (Wildman–Crippen MR) is 133 cm³/mol. The number of nitrogens with one attached hydrogen (secondary N) is 2. The molecule has 7 heteroatoms. The number of anilines is 1. The van der Waals surface area contributed by atoms with Crippen LogP contribution in [0.2, 0.25) is 0 Å². The number of hydrogen-bond acceptors (Lipinski definition) is 4. The number of nitrogens with zero attached hydrogens (tertiary/aromatic N) is 3. The normalized spacial score (nSPS) is 19.0. The van der Waals surface area contributed by atoms with Crippen LogP contribution in [-0.2, 0) is 4.74 Å². The molecule has 1 atom stereocenters. The average Bonchev–Trinajstić information content (AvgIpc) is 3.27. The molecule has 0 aromatic heterocycles. The Morgan fingerprint density at radius 2 is 1.93 bits per heavy atom. The molecule has 2 heterocycles. The zero-order chi connectivity index (χ0) is 19.6. The van der Waals surface area contributed by atoms with E-state index in [2.05, 4.69) is 58.5 Å². The highest BCUT2D eigenvalue weighted by atomic mass is 127. The van der Waals surface area contributed by atoms with Gasteiger partial charge in [-0.1, -0.05) is 12.1 Å². The van der Waals surface area contributed by atoms with Gasteiger partial charge in [0.25, 0.3) is 0 Å². The summed E-state index contributed by atoms with van der Waals surface area (Å²) in [5, 5.41) is 6.96. The first kappa shape index (κ1) is 24.2. The molecule has 0 aliphatic carbocycles. The Bertz CT molecular complexity index is 615. The van der Waals surface area contributed by atoms with E-state index >= 15 is 0 Å². The summed E-state index contributed by atoms with van der Waals surface area (Å²) in [7, 11) is 0. The lowest BCUT2D eigenvalue weighted by atomic mass is 10.1. The first-order chi connectivity index (χ1) is 13.8. The molecule has 0 saturated carbocycles. The first-order valence-corrected chi connectivity index (χ1v) is 11.0. The Morgan fingerprint density at radius 1 is 1.17 bits per heavy atom. The quantitative estimate of drug-likeness (QED) is 0.241. The molecule has 164 valence electrons. The van der Waals surface area contributed by atoms with Gasteiger partial charge in [-0.2, -0.15) is 0 Å². The molecule has 2 N–H and O–H groups in total. The number of halogens is 1. The van der Waals surface area contributed by atoms with Crippen molar-refractivity contribution < 1.29 is 4.74 Å². The van der Waals surface area contributed by atoms with Crippen LogP contribution in [0.15, 0.2) is 29.3 Å². The van der Waals surface area contributed by atoms with Gasteiger partial charge in [0.15, 0.2) is 5.96 Å². The third kappa shape index (κ3) is 7.94. The maximum Gasteiger partial charge on any atom is 0.191 e. The smallest absolute Gasteiger partial charge is 0.191 e. The molecule has 0 amide bonds. The van der Waals surface area contributed by atoms with Crippen LogP contribution in [0.1, 0.15) is 44.7 Å². The van der Waals surface area contributed by atoms with E-state index in [-0.39, 0.29) is 30.0 Å². The fraction of sp³-hybridized carbons (Fsp3) is 0.682. The maximum atomic E-state index is 5.41. The molecule has 1 aromatic carbocycles. The van der Waals surface area contributed by atoms with Gasteiger partial charge in [-0.25, -0.2) is 0 Å². The third-order valence-electron chi connectivity index (χ3n) is 5.54. The number of hydrogen-bond donors (Lipinski definition) is 2. The summed E-state index contributed by atoms with van der Waals surface area (Å²) < 4.78 is 5.41. The maximum absolute atomic E-state index is 5.41. The van der Waals surface area contributed by atoms with Crippen molar-refractivity contribution in [2.24, 2.45) is 4.99 Å². The largest absolute Gasteiger partial charge is 0.379 e. The minimum absolute atomic E-state index is 0. The standard InChI is InChI=1S/C22H37N5O.HI/c1-3-23-22(24-10-7-11-26-14-16-28-17-15-26)25-19(2)20-8-6-9-21(18-20)27-12-4-5-13-27;/h6,8-9,18-19H,3-5,7,10-17H2,1-2H3,(H2,23,24,25);1H. The molecule has 0 spiro atoms. The van der Waals surface area contributed by atoms with Crippen molar-refractivity contribution in [1.29, 1.82) is 0 Å². The van der Waals surface area contributed by atoms with Crippen LogP contribution in [0.3, 0.4) is 0 Å². The van der Waals surface area contributed by atoms with Crippen molar-refractivity contribution in [2.45, 2.75) is 39.2 Å². The highest BCUT2D eigenvalue weighted by molar-refractivity contribution is 14.0. The van der Waals surface area contributed by atoms with Gasteiger partial charge in [-0.15, -0.1) is 24.0 Å². The molecular weight excluding hydrogens is 477 g/mol. The lowest BCUT2D eigenvalue weighted by Crippen LogP contribution is -2.39. The van der Waals surface area contributed by atoms with Gasteiger partial charge in [0, 0.05) is 51.5 Å². The zero-order valence-electron chi connectivity index (χ0n) is 18.0. The highest BCUT2D eigenvalue weighted by Crippen LogP contribution is 2.23. The Hall–Kier alpha value is -1.06. The zero-order valence-corrected chi connectivity index (χ0v) is 20.4. The van der Waals surface area contributed by atoms with Crippen LogP contribution in [0, 0.1) is 0 Å². The molecule has 29 heavy (non-hydrogen) atoms. The van der Waals surface area contributed by atoms with Gasteiger partial charge in [0.05, 0.1) is 19.3 Å². The molecule has 0 bridgehead atoms. The lowest BCUT2D eigenvalue weighted by Gasteiger charge is -2.26. The van der Waals surface area contributed by atoms with Crippen molar-refractivity contribution >= 4 is 35.6 Å². The summed E-state index contributed by atoms with van der Waals surface area (Å²) in [6.45, 7) is 13.3. The van der Waals surface area contributed by atoms with Crippen LogP contribution in [0.5, 0.6) is 0 Å². The van der Waals surface area contributed by atoms with Gasteiger partial charge in [-0.05, 0) is 50.8 Å². The van der Waals surface area contributed by atoms with Gasteiger partial charge >= 0.3 is 0 Å². The first-order valence-electron chi connectivity index (χ1n) is 11.0.